The molecule has 2 saturated heterocycles. The van der Waals surface area contributed by atoms with E-state index >= 15 is 0 Å². The van der Waals surface area contributed by atoms with Crippen LogP contribution in [0.2, 0.25) is 0 Å². The van der Waals surface area contributed by atoms with E-state index < -0.39 is 0 Å². The van der Waals surface area contributed by atoms with Crippen LogP contribution in [-0.4, -0.2) is 75.0 Å². The lowest BCUT2D eigenvalue weighted by Crippen LogP contribution is -2.38. The molecule has 2 aliphatic heterocycles. The number of aromatic nitrogens is 4. The Morgan fingerprint density at radius 2 is 1.81 bits per heavy atom. The van der Waals surface area contributed by atoms with Gasteiger partial charge in [-0.3, -0.25) is 14.6 Å². The number of rotatable bonds is 9. The lowest BCUT2D eigenvalue weighted by Gasteiger charge is -2.34. The van der Waals surface area contributed by atoms with E-state index in [9.17, 15) is 0 Å². The van der Waals surface area contributed by atoms with E-state index in [1.807, 2.05) is 36.4 Å². The fourth-order valence-corrected chi connectivity index (χ4v) is 6.21. The minimum Gasteiger partial charge on any atom is -0.379 e. The average Bonchev–Trinajstić information content (AvgIpc) is 3.37. The Balaban J connectivity index is 1.15. The predicted molar refractivity (Wildman–Crippen MR) is 170 cm³/mol. The van der Waals surface area contributed by atoms with E-state index in [2.05, 4.69) is 80.9 Å². The van der Waals surface area contributed by atoms with E-state index in [-0.39, 0.29) is 0 Å². The number of fused-ring (bicyclic) bond motifs is 1. The second-order valence-electron chi connectivity index (χ2n) is 12.1. The van der Waals surface area contributed by atoms with Crippen molar-refractivity contribution in [3.05, 3.63) is 78.5 Å². The van der Waals surface area contributed by atoms with Crippen molar-refractivity contribution in [3.63, 3.8) is 0 Å². The number of piperidine rings is 1. The number of aryl methyl sites for hydroxylation is 1. The summed E-state index contributed by atoms with van der Waals surface area (Å²) in [6.07, 6.45) is 9.30. The highest BCUT2D eigenvalue weighted by Gasteiger charge is 2.22. The van der Waals surface area contributed by atoms with Crippen molar-refractivity contribution in [1.82, 2.24) is 29.5 Å². The third kappa shape index (κ3) is 6.56. The lowest BCUT2D eigenvalue weighted by molar-refractivity contribution is 0.0332. The van der Waals surface area contributed by atoms with Gasteiger partial charge < -0.3 is 15.0 Å². The first-order valence-corrected chi connectivity index (χ1v) is 15.3. The quantitative estimate of drug-likeness (QED) is 0.283. The fraction of sp³-hybridized carbons (Fsp3) is 0.441. The maximum absolute atomic E-state index is 5.54. The van der Waals surface area contributed by atoms with Crippen LogP contribution in [0.3, 0.4) is 0 Å². The molecule has 42 heavy (non-hydrogen) atoms. The lowest BCUT2D eigenvalue weighted by atomic mass is 9.91. The van der Waals surface area contributed by atoms with Crippen LogP contribution in [0.15, 0.2) is 61.6 Å². The normalized spacial score (nSPS) is 17.2. The van der Waals surface area contributed by atoms with Gasteiger partial charge in [-0.1, -0.05) is 18.7 Å². The maximum atomic E-state index is 5.54. The third-order valence-corrected chi connectivity index (χ3v) is 8.89. The van der Waals surface area contributed by atoms with E-state index in [0.29, 0.717) is 12.0 Å². The van der Waals surface area contributed by atoms with Crippen molar-refractivity contribution in [2.75, 3.05) is 44.7 Å². The van der Waals surface area contributed by atoms with Gasteiger partial charge in [-0.15, -0.1) is 0 Å². The molecule has 0 spiro atoms. The summed E-state index contributed by atoms with van der Waals surface area (Å²) in [5, 5.41) is 10.3. The van der Waals surface area contributed by atoms with E-state index in [0.717, 1.165) is 78.4 Å². The summed E-state index contributed by atoms with van der Waals surface area (Å²) < 4.78 is 7.53. The van der Waals surface area contributed by atoms with Crippen LogP contribution in [0.4, 0.5) is 5.82 Å². The standard InChI is InChI=1S/C34H43N7O/c1-24(2)41-11-8-26(9-12-41)17-31-19-27(7-10-35-31)25(3)38-34-20-30-18-28(5-6-29(30)21-36-34)32-22-37-39(4)33(32)23-40-13-15-42-16-14-40/h5-7,10,18-22,24,26H,3,8-9,11-17,23H2,1-2,4H3,(H,36,38). The van der Waals surface area contributed by atoms with Crippen molar-refractivity contribution in [3.8, 4) is 11.1 Å². The average molecular weight is 566 g/mol. The monoisotopic (exact) mass is 565 g/mol. The first kappa shape index (κ1) is 28.5. The summed E-state index contributed by atoms with van der Waals surface area (Å²) in [5.74, 6) is 1.47. The zero-order chi connectivity index (χ0) is 29.1. The molecule has 8 heteroatoms. The van der Waals surface area contributed by atoms with Gasteiger partial charge >= 0.3 is 0 Å². The Morgan fingerprint density at radius 3 is 2.60 bits per heavy atom. The Morgan fingerprint density at radius 1 is 1.00 bits per heavy atom. The second-order valence-corrected chi connectivity index (χ2v) is 12.1. The minimum absolute atomic E-state index is 0.630. The van der Waals surface area contributed by atoms with Crippen LogP contribution in [0.5, 0.6) is 0 Å². The zero-order valence-electron chi connectivity index (χ0n) is 25.2. The van der Waals surface area contributed by atoms with Crippen molar-refractivity contribution in [1.29, 1.82) is 0 Å². The first-order chi connectivity index (χ1) is 20.4. The molecule has 0 unspecified atom stereocenters. The first-order valence-electron chi connectivity index (χ1n) is 15.3. The summed E-state index contributed by atoms with van der Waals surface area (Å²) in [6.45, 7) is 15.6. The van der Waals surface area contributed by atoms with Gasteiger partial charge in [0, 0.05) is 73.0 Å². The largest absolute Gasteiger partial charge is 0.379 e. The van der Waals surface area contributed by atoms with Gasteiger partial charge in [-0.2, -0.15) is 5.10 Å². The molecule has 3 aromatic heterocycles. The molecule has 0 amide bonds. The topological polar surface area (TPSA) is 71.3 Å². The van der Waals surface area contributed by atoms with E-state index in [4.69, 9.17) is 4.74 Å². The Labute approximate surface area is 249 Å². The van der Waals surface area contributed by atoms with E-state index in [1.165, 1.54) is 37.2 Å². The van der Waals surface area contributed by atoms with E-state index in [1.54, 1.807) is 0 Å². The number of ether oxygens (including phenoxy) is 1. The summed E-state index contributed by atoms with van der Waals surface area (Å²) in [6, 6.07) is 13.5. The highest BCUT2D eigenvalue weighted by molar-refractivity contribution is 5.89. The molecule has 0 bridgehead atoms. The summed E-state index contributed by atoms with van der Waals surface area (Å²) in [7, 11) is 2.03. The van der Waals surface area contributed by atoms with Crippen LogP contribution in [0.1, 0.15) is 43.6 Å². The fourth-order valence-electron chi connectivity index (χ4n) is 6.21. The summed E-state index contributed by atoms with van der Waals surface area (Å²) in [5.41, 5.74) is 6.57. The molecule has 0 saturated carbocycles. The van der Waals surface area contributed by atoms with Crippen LogP contribution in [-0.2, 0) is 24.8 Å². The molecule has 4 aromatic rings. The summed E-state index contributed by atoms with van der Waals surface area (Å²) >= 11 is 0. The van der Waals surface area contributed by atoms with Crippen molar-refractivity contribution >= 4 is 22.3 Å². The molecular weight excluding hydrogens is 522 g/mol. The molecule has 2 fully saturated rings. The number of morpholine rings is 1. The van der Waals surface area contributed by atoms with Crippen LogP contribution in [0, 0.1) is 5.92 Å². The Bertz CT molecular complexity index is 1530. The Kier molecular flexibility index (Phi) is 8.65. The van der Waals surface area contributed by atoms with Gasteiger partial charge in [-0.25, -0.2) is 4.98 Å². The molecule has 0 radical (unpaired) electrons. The van der Waals surface area contributed by atoms with Crippen molar-refractivity contribution in [2.24, 2.45) is 13.0 Å². The molecule has 6 rings (SSSR count). The van der Waals surface area contributed by atoms with Gasteiger partial charge in [0.05, 0.1) is 25.1 Å². The predicted octanol–water partition coefficient (Wildman–Crippen LogP) is 5.61. The van der Waals surface area contributed by atoms with Crippen LogP contribution < -0.4 is 5.32 Å². The molecule has 0 atom stereocenters. The molecule has 220 valence electrons. The molecule has 2 aliphatic rings. The number of anilines is 1. The molecule has 1 aromatic carbocycles. The molecule has 5 heterocycles. The van der Waals surface area contributed by atoms with Gasteiger partial charge in [0.15, 0.2) is 0 Å². The molecule has 8 nitrogen and oxygen atoms in total. The van der Waals surface area contributed by atoms with Crippen LogP contribution in [0.25, 0.3) is 27.6 Å². The number of likely N-dealkylation sites (tertiary alicyclic amines) is 1. The third-order valence-electron chi connectivity index (χ3n) is 8.89. The number of benzene rings is 1. The summed E-state index contributed by atoms with van der Waals surface area (Å²) in [4.78, 5) is 14.4. The highest BCUT2D eigenvalue weighted by atomic mass is 16.5. The molecular formula is C34H43N7O. The second kappa shape index (κ2) is 12.7. The van der Waals surface area contributed by atoms with Gasteiger partial charge in [0.25, 0.3) is 0 Å². The smallest absolute Gasteiger partial charge is 0.130 e. The number of hydrogen-bond donors (Lipinski definition) is 1. The number of pyridine rings is 2. The van der Waals surface area contributed by atoms with Crippen molar-refractivity contribution < 1.29 is 4.74 Å². The van der Waals surface area contributed by atoms with Gasteiger partial charge in [0.1, 0.15) is 5.82 Å². The molecule has 0 aliphatic carbocycles. The van der Waals surface area contributed by atoms with Crippen LogP contribution >= 0.6 is 0 Å². The van der Waals surface area contributed by atoms with Crippen molar-refractivity contribution in [2.45, 2.75) is 45.7 Å². The highest BCUT2D eigenvalue weighted by Crippen LogP contribution is 2.30. The Hall–Kier alpha value is -3.59. The number of nitrogens with one attached hydrogen (secondary N) is 1. The molecule has 1 N–H and O–H groups in total. The maximum Gasteiger partial charge on any atom is 0.130 e. The van der Waals surface area contributed by atoms with Gasteiger partial charge in [-0.05, 0) is 87.3 Å². The number of nitrogens with zero attached hydrogens (tertiary/aromatic N) is 6. The van der Waals surface area contributed by atoms with Gasteiger partial charge in [0.2, 0.25) is 0 Å². The minimum atomic E-state index is 0.630. The zero-order valence-corrected chi connectivity index (χ0v) is 25.2. The SMILES string of the molecule is C=C(Nc1cc2cc(-c3cnn(C)c3CN3CCOCC3)ccc2cn1)c1ccnc(CC2CCN(C(C)C)CC2)c1. The number of hydrogen-bond acceptors (Lipinski definition) is 7.